The molecule has 0 spiro atoms. The molecule has 0 radical (unpaired) electrons. The molecule has 1 aliphatic heterocycles. The van der Waals surface area contributed by atoms with Gasteiger partial charge >= 0.3 is 0 Å². The van der Waals surface area contributed by atoms with Gasteiger partial charge < -0.3 is 20.1 Å². The van der Waals surface area contributed by atoms with Gasteiger partial charge in [0.2, 0.25) is 0 Å². The van der Waals surface area contributed by atoms with Gasteiger partial charge in [0.25, 0.3) is 5.91 Å². The molecule has 2 heterocycles. The van der Waals surface area contributed by atoms with Gasteiger partial charge in [0.15, 0.2) is 0 Å². The molecule has 2 N–H and O–H groups in total. The second-order valence-electron chi connectivity index (χ2n) is 7.84. The van der Waals surface area contributed by atoms with Gasteiger partial charge in [-0.1, -0.05) is 18.2 Å². The number of nitriles is 1. The van der Waals surface area contributed by atoms with Crippen LogP contribution in [-0.4, -0.2) is 53.4 Å². The Hall–Kier alpha value is -3.80. The number of morpholine rings is 1. The number of benzene rings is 2. The van der Waals surface area contributed by atoms with Crippen LogP contribution in [0.1, 0.15) is 23.9 Å². The van der Waals surface area contributed by atoms with E-state index in [0.717, 1.165) is 37.4 Å². The number of carbonyl (C=O) groups is 1. The van der Waals surface area contributed by atoms with Crippen LogP contribution in [0.15, 0.2) is 54.7 Å². The van der Waals surface area contributed by atoms with Crippen LogP contribution in [-0.2, 0) is 16.0 Å². The van der Waals surface area contributed by atoms with Crippen LogP contribution in [0.3, 0.4) is 0 Å². The molecule has 4 rings (SSSR count). The Balaban J connectivity index is 1.49. The molecule has 1 atom stereocenters. The normalized spacial score (nSPS) is 14.4. The number of ether oxygens (including phenoxy) is 1. The highest BCUT2D eigenvalue weighted by molar-refractivity contribution is 5.95. The van der Waals surface area contributed by atoms with E-state index in [-0.39, 0.29) is 0 Å². The second-order valence-corrected chi connectivity index (χ2v) is 7.84. The van der Waals surface area contributed by atoms with Crippen LogP contribution in [0, 0.1) is 11.3 Å². The van der Waals surface area contributed by atoms with Crippen LogP contribution in [0.25, 0.3) is 11.3 Å². The molecule has 1 saturated heterocycles. The summed E-state index contributed by atoms with van der Waals surface area (Å²) in [5.41, 5.74) is 4.37. The number of hydrogen-bond donors (Lipinski definition) is 2. The third-order valence-electron chi connectivity index (χ3n) is 5.45. The summed E-state index contributed by atoms with van der Waals surface area (Å²) in [6.07, 6.45) is 1.13. The first-order valence-corrected chi connectivity index (χ1v) is 10.8. The fraction of sp³-hybridized carbons (Fsp3) is 0.280. The van der Waals surface area contributed by atoms with Crippen LogP contribution in [0.4, 0.5) is 11.4 Å². The fourth-order valence-corrected chi connectivity index (χ4v) is 3.62. The molecular formula is C25H25N5O3. The summed E-state index contributed by atoms with van der Waals surface area (Å²) in [5, 5.41) is 21.4. The maximum atomic E-state index is 11.8. The Bertz CT molecular complexity index is 1170. The van der Waals surface area contributed by atoms with Crippen LogP contribution < -0.4 is 10.2 Å². The SMILES string of the molecule is CC(O)C(=O)Nc1ccc(-c2ccnc(Cc3ccc(N4CCOCC4)cc3)n2)cc1C#N. The minimum absolute atomic E-state index is 0.292. The van der Waals surface area contributed by atoms with Crippen molar-refractivity contribution in [2.24, 2.45) is 0 Å². The molecule has 8 heteroatoms. The largest absolute Gasteiger partial charge is 0.384 e. The van der Waals surface area contributed by atoms with E-state index in [1.807, 2.05) is 0 Å². The third kappa shape index (κ3) is 5.52. The van der Waals surface area contributed by atoms with E-state index >= 15 is 0 Å². The van der Waals surface area contributed by atoms with E-state index in [2.05, 4.69) is 50.5 Å². The van der Waals surface area contributed by atoms with Crippen LogP contribution >= 0.6 is 0 Å². The highest BCUT2D eigenvalue weighted by Gasteiger charge is 2.14. The smallest absolute Gasteiger partial charge is 0.252 e. The van der Waals surface area contributed by atoms with E-state index in [4.69, 9.17) is 4.74 Å². The minimum atomic E-state index is -1.16. The molecule has 0 saturated carbocycles. The van der Waals surface area contributed by atoms with Crippen molar-refractivity contribution in [3.63, 3.8) is 0 Å². The number of nitrogens with one attached hydrogen (secondary N) is 1. The number of aromatic nitrogens is 2. The molecule has 3 aromatic rings. The lowest BCUT2D eigenvalue weighted by atomic mass is 10.1. The summed E-state index contributed by atoms with van der Waals surface area (Å²) in [5.74, 6) is 0.111. The Kier molecular flexibility index (Phi) is 6.93. The van der Waals surface area contributed by atoms with Crippen LogP contribution in [0.2, 0.25) is 0 Å². The van der Waals surface area contributed by atoms with E-state index in [1.165, 1.54) is 12.6 Å². The van der Waals surface area contributed by atoms with Crippen molar-refractivity contribution in [3.8, 4) is 17.3 Å². The van der Waals surface area contributed by atoms with Crippen molar-refractivity contribution >= 4 is 17.3 Å². The lowest BCUT2D eigenvalue weighted by Gasteiger charge is -2.28. The fourth-order valence-electron chi connectivity index (χ4n) is 3.62. The molecule has 0 aliphatic carbocycles. The first kappa shape index (κ1) is 22.4. The number of anilines is 2. The van der Waals surface area contributed by atoms with Crippen molar-refractivity contribution in [2.45, 2.75) is 19.4 Å². The number of aliphatic hydroxyl groups excluding tert-OH is 1. The topological polar surface area (TPSA) is 111 Å². The van der Waals surface area contributed by atoms with Gasteiger partial charge in [0.1, 0.15) is 18.0 Å². The summed E-state index contributed by atoms with van der Waals surface area (Å²) in [6.45, 7) is 4.68. The van der Waals surface area contributed by atoms with Crippen molar-refractivity contribution in [1.29, 1.82) is 5.26 Å². The summed E-state index contributed by atoms with van der Waals surface area (Å²) >= 11 is 0. The first-order chi connectivity index (χ1) is 16.0. The maximum Gasteiger partial charge on any atom is 0.252 e. The predicted molar refractivity (Wildman–Crippen MR) is 125 cm³/mol. The number of hydrogen-bond acceptors (Lipinski definition) is 7. The Labute approximate surface area is 192 Å². The predicted octanol–water partition coefficient (Wildman–Crippen LogP) is 2.76. The molecule has 33 heavy (non-hydrogen) atoms. The Morgan fingerprint density at radius 2 is 1.97 bits per heavy atom. The van der Waals surface area contributed by atoms with E-state index in [9.17, 15) is 15.2 Å². The molecule has 1 fully saturated rings. The quantitative estimate of drug-likeness (QED) is 0.603. The summed E-state index contributed by atoms with van der Waals surface area (Å²) in [4.78, 5) is 23.1. The van der Waals surface area contributed by atoms with Gasteiger partial charge in [0.05, 0.1) is 30.2 Å². The van der Waals surface area contributed by atoms with Crippen molar-refractivity contribution in [2.75, 3.05) is 36.5 Å². The molecule has 1 aromatic heterocycles. The van der Waals surface area contributed by atoms with E-state index < -0.39 is 12.0 Å². The number of amides is 1. The molecule has 2 aromatic carbocycles. The average Bonchev–Trinajstić information content (AvgIpc) is 2.85. The van der Waals surface area contributed by atoms with Crippen LogP contribution in [0.5, 0.6) is 0 Å². The Morgan fingerprint density at radius 1 is 1.21 bits per heavy atom. The lowest BCUT2D eigenvalue weighted by Crippen LogP contribution is -2.36. The van der Waals surface area contributed by atoms with E-state index in [1.54, 1.807) is 30.5 Å². The van der Waals surface area contributed by atoms with Gasteiger partial charge in [-0.2, -0.15) is 5.26 Å². The molecular weight excluding hydrogens is 418 g/mol. The standard InChI is InChI=1S/C25H25N5O3/c1-17(31)25(32)29-22-7-4-19(15-20(22)16-26)23-8-9-27-24(28-23)14-18-2-5-21(6-3-18)30-10-12-33-13-11-30/h2-9,15,17,31H,10-14H2,1H3,(H,29,32). The summed E-state index contributed by atoms with van der Waals surface area (Å²) < 4.78 is 5.41. The van der Waals surface area contributed by atoms with Crippen molar-refractivity contribution in [1.82, 2.24) is 9.97 Å². The molecule has 1 amide bonds. The highest BCUT2D eigenvalue weighted by Crippen LogP contribution is 2.24. The molecule has 168 valence electrons. The van der Waals surface area contributed by atoms with Crippen molar-refractivity contribution in [3.05, 3.63) is 71.7 Å². The van der Waals surface area contributed by atoms with Gasteiger partial charge in [-0.05, 0) is 42.8 Å². The molecule has 8 nitrogen and oxygen atoms in total. The molecule has 1 aliphatic rings. The highest BCUT2D eigenvalue weighted by atomic mass is 16.5. The molecule has 0 bridgehead atoms. The van der Waals surface area contributed by atoms with Crippen molar-refractivity contribution < 1.29 is 14.6 Å². The lowest BCUT2D eigenvalue weighted by molar-refractivity contribution is -0.123. The number of carbonyl (C=O) groups excluding carboxylic acids is 1. The Morgan fingerprint density at radius 3 is 2.67 bits per heavy atom. The van der Waals surface area contributed by atoms with E-state index in [0.29, 0.717) is 29.2 Å². The number of aliphatic hydroxyl groups is 1. The molecule has 1 unspecified atom stereocenters. The average molecular weight is 444 g/mol. The second kappa shape index (κ2) is 10.2. The number of rotatable bonds is 6. The maximum absolute atomic E-state index is 11.8. The summed E-state index contributed by atoms with van der Waals surface area (Å²) in [6, 6.07) is 17.4. The van der Waals surface area contributed by atoms with Gasteiger partial charge in [0, 0.05) is 37.0 Å². The summed E-state index contributed by atoms with van der Waals surface area (Å²) in [7, 11) is 0. The zero-order valence-corrected chi connectivity index (χ0v) is 18.4. The third-order valence-corrected chi connectivity index (χ3v) is 5.45. The van der Waals surface area contributed by atoms with Gasteiger partial charge in [-0.25, -0.2) is 9.97 Å². The zero-order chi connectivity index (χ0) is 23.2. The van der Waals surface area contributed by atoms with Gasteiger partial charge in [-0.3, -0.25) is 4.79 Å². The number of nitrogens with zero attached hydrogens (tertiary/aromatic N) is 4. The first-order valence-electron chi connectivity index (χ1n) is 10.8. The monoisotopic (exact) mass is 443 g/mol. The minimum Gasteiger partial charge on any atom is -0.384 e. The van der Waals surface area contributed by atoms with Gasteiger partial charge in [-0.15, -0.1) is 0 Å². The zero-order valence-electron chi connectivity index (χ0n) is 18.4.